The minimum atomic E-state index is -0.291. The van der Waals surface area contributed by atoms with Gasteiger partial charge >= 0.3 is 6.03 Å². The number of aromatic nitrogens is 2. The van der Waals surface area contributed by atoms with Crippen LogP contribution in [0.2, 0.25) is 0 Å². The number of carbonyl (C=O) groups excluding carboxylic acids is 1. The maximum absolute atomic E-state index is 12.3. The lowest BCUT2D eigenvalue weighted by Gasteiger charge is -2.08. The second kappa shape index (κ2) is 6.62. The van der Waals surface area contributed by atoms with Crippen molar-refractivity contribution < 1.29 is 4.79 Å². The van der Waals surface area contributed by atoms with E-state index in [0.717, 1.165) is 15.3 Å². The molecule has 2 N–H and O–H groups in total. The quantitative estimate of drug-likeness (QED) is 0.773. The maximum Gasteiger partial charge on any atom is 0.319 e. The summed E-state index contributed by atoms with van der Waals surface area (Å²) in [6.07, 6.45) is 1.66. The molecule has 0 aliphatic heterocycles. The monoisotopic (exact) mass is 328 g/mol. The van der Waals surface area contributed by atoms with Crippen LogP contribution >= 0.6 is 11.3 Å². The van der Waals surface area contributed by atoms with Gasteiger partial charge in [0.25, 0.3) is 5.56 Å². The lowest BCUT2D eigenvalue weighted by molar-refractivity contribution is 0.251. The molecule has 23 heavy (non-hydrogen) atoms. The van der Waals surface area contributed by atoms with Crippen molar-refractivity contribution in [1.82, 2.24) is 15.1 Å². The van der Waals surface area contributed by atoms with Crippen LogP contribution in [0.4, 0.5) is 9.80 Å². The van der Waals surface area contributed by atoms with Crippen LogP contribution in [0.25, 0.3) is 10.8 Å². The topological polar surface area (TPSA) is 76.0 Å². The fourth-order valence-corrected chi connectivity index (χ4v) is 2.98. The minimum Gasteiger partial charge on any atom is -0.336 e. The molecule has 118 valence electrons. The predicted octanol–water partition coefficient (Wildman–Crippen LogP) is 2.59. The van der Waals surface area contributed by atoms with Crippen molar-refractivity contribution in [2.75, 3.05) is 11.9 Å². The van der Waals surface area contributed by atoms with E-state index in [0.29, 0.717) is 18.5 Å². The van der Waals surface area contributed by atoms with Crippen molar-refractivity contribution in [3.05, 3.63) is 57.8 Å². The highest BCUT2D eigenvalue weighted by Gasteiger charge is 2.05. The lowest BCUT2D eigenvalue weighted by Crippen LogP contribution is -2.34. The third kappa shape index (κ3) is 3.57. The summed E-state index contributed by atoms with van der Waals surface area (Å²) in [6.45, 7) is 2.62. The third-order valence-corrected chi connectivity index (χ3v) is 4.26. The number of nitrogens with zero attached hydrogens (tertiary/aromatic N) is 2. The highest BCUT2D eigenvalue weighted by atomic mass is 32.1. The first-order chi connectivity index (χ1) is 11.1. The van der Waals surface area contributed by atoms with E-state index < -0.39 is 0 Å². The van der Waals surface area contributed by atoms with Crippen molar-refractivity contribution in [1.29, 1.82) is 0 Å². The summed E-state index contributed by atoms with van der Waals surface area (Å²) in [5.74, 6) is 0. The fourth-order valence-electron chi connectivity index (χ4n) is 2.22. The summed E-state index contributed by atoms with van der Waals surface area (Å²) >= 11 is 1.51. The molecule has 0 saturated carbocycles. The molecule has 2 amide bonds. The summed E-state index contributed by atoms with van der Waals surface area (Å²) < 4.78 is 1.36. The van der Waals surface area contributed by atoms with E-state index in [1.807, 2.05) is 37.3 Å². The van der Waals surface area contributed by atoms with Gasteiger partial charge in [-0.3, -0.25) is 10.1 Å². The number of benzene rings is 1. The number of urea groups is 1. The first-order valence-electron chi connectivity index (χ1n) is 7.19. The Morgan fingerprint density at radius 3 is 2.87 bits per heavy atom. The third-order valence-electron chi connectivity index (χ3n) is 3.35. The van der Waals surface area contributed by atoms with Crippen LogP contribution in [-0.4, -0.2) is 22.4 Å². The van der Waals surface area contributed by atoms with Gasteiger partial charge in [0, 0.05) is 16.8 Å². The molecular formula is C16H16N4O2S. The van der Waals surface area contributed by atoms with Gasteiger partial charge < -0.3 is 5.32 Å². The van der Waals surface area contributed by atoms with Gasteiger partial charge in [-0.15, -0.1) is 11.3 Å². The predicted molar refractivity (Wildman–Crippen MR) is 92.1 cm³/mol. The number of aryl methyl sites for hydroxylation is 1. The highest BCUT2D eigenvalue weighted by molar-refractivity contribution is 7.16. The molecule has 0 saturated heterocycles. The Labute approximate surface area is 136 Å². The first kappa shape index (κ1) is 15.2. The molecule has 2 heterocycles. The number of carbonyl (C=O) groups is 1. The van der Waals surface area contributed by atoms with Crippen LogP contribution in [0, 0.1) is 6.92 Å². The number of anilines is 1. The number of fused-ring (bicyclic) bond motifs is 1. The van der Waals surface area contributed by atoms with Crippen molar-refractivity contribution >= 4 is 33.1 Å². The number of amides is 2. The largest absolute Gasteiger partial charge is 0.336 e. The van der Waals surface area contributed by atoms with Crippen LogP contribution < -0.4 is 16.2 Å². The smallest absolute Gasteiger partial charge is 0.319 e. The van der Waals surface area contributed by atoms with Crippen LogP contribution in [0.3, 0.4) is 0 Å². The molecule has 0 atom stereocenters. The van der Waals surface area contributed by atoms with Crippen LogP contribution in [0.15, 0.2) is 47.4 Å². The van der Waals surface area contributed by atoms with Crippen molar-refractivity contribution in [3.63, 3.8) is 0 Å². The molecular weight excluding hydrogens is 312 g/mol. The normalized spacial score (nSPS) is 10.7. The van der Waals surface area contributed by atoms with Crippen LogP contribution in [0.1, 0.15) is 4.88 Å². The van der Waals surface area contributed by atoms with E-state index >= 15 is 0 Å². The minimum absolute atomic E-state index is 0.154. The summed E-state index contributed by atoms with van der Waals surface area (Å²) in [6, 6.07) is 10.8. The van der Waals surface area contributed by atoms with Crippen molar-refractivity contribution in [2.45, 2.75) is 13.5 Å². The van der Waals surface area contributed by atoms with E-state index in [1.165, 1.54) is 16.0 Å². The van der Waals surface area contributed by atoms with Gasteiger partial charge in [0.05, 0.1) is 23.1 Å². The average Bonchev–Trinajstić information content (AvgIpc) is 2.95. The van der Waals surface area contributed by atoms with Crippen molar-refractivity contribution in [3.8, 4) is 0 Å². The molecule has 0 radical (unpaired) electrons. The van der Waals surface area contributed by atoms with Gasteiger partial charge in [0.2, 0.25) is 0 Å². The zero-order valence-electron chi connectivity index (χ0n) is 12.6. The van der Waals surface area contributed by atoms with Crippen molar-refractivity contribution in [2.24, 2.45) is 0 Å². The Morgan fingerprint density at radius 2 is 2.09 bits per heavy atom. The molecule has 0 unspecified atom stereocenters. The Hall–Kier alpha value is -2.67. The molecule has 1 aromatic carbocycles. The van der Waals surface area contributed by atoms with E-state index in [1.54, 1.807) is 12.3 Å². The molecule has 2 aromatic heterocycles. The number of thiophene rings is 1. The van der Waals surface area contributed by atoms with E-state index in [4.69, 9.17) is 0 Å². The number of rotatable bonds is 4. The van der Waals surface area contributed by atoms with Gasteiger partial charge in [-0.25, -0.2) is 9.48 Å². The second-order valence-corrected chi connectivity index (χ2v) is 6.34. The molecule has 6 nitrogen and oxygen atoms in total. The molecule has 0 bridgehead atoms. The highest BCUT2D eigenvalue weighted by Crippen LogP contribution is 2.20. The Balaban J connectivity index is 1.59. The summed E-state index contributed by atoms with van der Waals surface area (Å²) in [4.78, 5) is 25.2. The molecule has 0 fully saturated rings. The second-order valence-electron chi connectivity index (χ2n) is 5.05. The molecule has 3 aromatic rings. The van der Waals surface area contributed by atoms with E-state index in [2.05, 4.69) is 15.7 Å². The lowest BCUT2D eigenvalue weighted by atomic mass is 10.2. The molecule has 7 heteroatoms. The maximum atomic E-state index is 12.3. The molecule has 0 aliphatic rings. The van der Waals surface area contributed by atoms with Gasteiger partial charge in [0.1, 0.15) is 0 Å². The zero-order valence-corrected chi connectivity index (χ0v) is 13.4. The number of hydrogen-bond donors (Lipinski definition) is 2. The van der Waals surface area contributed by atoms with Gasteiger partial charge in [-0.2, -0.15) is 5.10 Å². The van der Waals surface area contributed by atoms with Gasteiger partial charge in [-0.05, 0) is 25.1 Å². The molecule has 0 aliphatic carbocycles. The van der Waals surface area contributed by atoms with Gasteiger partial charge in [-0.1, -0.05) is 18.2 Å². The van der Waals surface area contributed by atoms with Crippen LogP contribution in [0.5, 0.6) is 0 Å². The summed E-state index contributed by atoms with van der Waals surface area (Å²) in [5, 5.41) is 11.8. The summed E-state index contributed by atoms with van der Waals surface area (Å²) in [5.41, 5.74) is -0.154. The van der Waals surface area contributed by atoms with Gasteiger partial charge in [0.15, 0.2) is 0 Å². The standard InChI is InChI=1S/C16H16N4O2S/c1-11-6-7-14(23-11)19-16(22)17-8-9-20-15(21)13-5-3-2-4-12(13)10-18-20/h2-7,10H,8-9H2,1H3,(H2,17,19,22). The Morgan fingerprint density at radius 1 is 1.26 bits per heavy atom. The summed E-state index contributed by atoms with van der Waals surface area (Å²) in [7, 11) is 0. The number of nitrogens with one attached hydrogen (secondary N) is 2. The van der Waals surface area contributed by atoms with E-state index in [-0.39, 0.29) is 11.6 Å². The molecule has 3 rings (SSSR count). The Bertz CT molecular complexity index is 900. The van der Waals surface area contributed by atoms with E-state index in [9.17, 15) is 9.59 Å². The molecule has 0 spiro atoms. The van der Waals surface area contributed by atoms with Crippen LogP contribution in [-0.2, 0) is 6.54 Å². The average molecular weight is 328 g/mol. The number of hydrogen-bond acceptors (Lipinski definition) is 4. The Kier molecular flexibility index (Phi) is 4.38. The zero-order chi connectivity index (χ0) is 16.2. The SMILES string of the molecule is Cc1ccc(NC(=O)NCCn2ncc3ccccc3c2=O)s1. The fraction of sp³-hybridized carbons (Fsp3) is 0.188. The first-order valence-corrected chi connectivity index (χ1v) is 8.01.